The molecular formula is C24H27N5O5S. The van der Waals surface area contributed by atoms with Crippen molar-refractivity contribution in [2.45, 2.75) is 18.5 Å². The predicted molar refractivity (Wildman–Crippen MR) is 132 cm³/mol. The molecule has 2 aromatic carbocycles. The highest BCUT2D eigenvalue weighted by Gasteiger charge is 2.21. The zero-order valence-corrected chi connectivity index (χ0v) is 20.8. The van der Waals surface area contributed by atoms with Gasteiger partial charge in [-0.3, -0.25) is 9.36 Å². The van der Waals surface area contributed by atoms with E-state index in [4.69, 9.17) is 24.2 Å². The standard InChI is InChI=1S/C24H27N5O5S/c1-5-34-18-9-7-17(8-10-18)29-23(16-13-19(31-2)22(33-4)20(14-16)32-3)27-28-24(29)35-15-21(30)26-12-6-11-25/h7-10,13-14H,5-6,12,15H2,1-4H3,(H,26,30). The normalized spacial score (nSPS) is 10.4. The molecular weight excluding hydrogens is 470 g/mol. The molecule has 35 heavy (non-hydrogen) atoms. The van der Waals surface area contributed by atoms with Gasteiger partial charge in [-0.15, -0.1) is 10.2 Å². The highest BCUT2D eigenvalue weighted by atomic mass is 32.2. The Bertz CT molecular complexity index is 1170. The number of hydrogen-bond donors (Lipinski definition) is 1. The number of ether oxygens (including phenoxy) is 4. The fraction of sp³-hybridized carbons (Fsp3) is 0.333. The number of rotatable bonds is 12. The van der Waals surface area contributed by atoms with Gasteiger partial charge in [-0.25, -0.2) is 0 Å². The van der Waals surface area contributed by atoms with Gasteiger partial charge in [0.25, 0.3) is 0 Å². The van der Waals surface area contributed by atoms with Crippen LogP contribution in [0.1, 0.15) is 13.3 Å². The number of carbonyl (C=O) groups is 1. The number of amides is 1. The van der Waals surface area contributed by atoms with Crippen LogP contribution in [-0.4, -0.2) is 60.9 Å². The number of nitrogens with zero attached hydrogens (tertiary/aromatic N) is 4. The Morgan fingerprint density at radius 1 is 1.09 bits per heavy atom. The summed E-state index contributed by atoms with van der Waals surface area (Å²) in [4.78, 5) is 12.2. The van der Waals surface area contributed by atoms with Gasteiger partial charge in [-0.1, -0.05) is 11.8 Å². The van der Waals surface area contributed by atoms with Crippen LogP contribution in [0.4, 0.5) is 0 Å². The molecule has 0 spiro atoms. The van der Waals surface area contributed by atoms with Gasteiger partial charge >= 0.3 is 0 Å². The van der Waals surface area contributed by atoms with Gasteiger partial charge in [0, 0.05) is 17.8 Å². The maximum atomic E-state index is 12.2. The van der Waals surface area contributed by atoms with Crippen LogP contribution in [0.15, 0.2) is 41.6 Å². The van der Waals surface area contributed by atoms with Crippen LogP contribution >= 0.6 is 11.8 Å². The Kier molecular flexibility index (Phi) is 9.20. The molecule has 11 heteroatoms. The molecule has 0 atom stereocenters. The fourth-order valence-corrected chi connectivity index (χ4v) is 4.07. The zero-order valence-electron chi connectivity index (χ0n) is 20.0. The lowest BCUT2D eigenvalue weighted by molar-refractivity contribution is -0.118. The Morgan fingerprint density at radius 3 is 2.34 bits per heavy atom. The molecule has 1 N–H and O–H groups in total. The number of nitriles is 1. The van der Waals surface area contributed by atoms with E-state index in [-0.39, 0.29) is 18.1 Å². The average molecular weight is 498 g/mol. The van der Waals surface area contributed by atoms with E-state index < -0.39 is 0 Å². The third-order valence-electron chi connectivity index (χ3n) is 4.85. The lowest BCUT2D eigenvalue weighted by Crippen LogP contribution is -2.26. The van der Waals surface area contributed by atoms with E-state index in [1.165, 1.54) is 11.8 Å². The van der Waals surface area contributed by atoms with Gasteiger partial charge in [0.15, 0.2) is 22.5 Å². The van der Waals surface area contributed by atoms with Crippen LogP contribution in [0.5, 0.6) is 23.0 Å². The van der Waals surface area contributed by atoms with Crippen molar-refractivity contribution in [2.24, 2.45) is 0 Å². The van der Waals surface area contributed by atoms with Gasteiger partial charge in [0.05, 0.1) is 46.2 Å². The van der Waals surface area contributed by atoms with E-state index in [0.717, 1.165) is 11.4 Å². The molecule has 1 amide bonds. The Morgan fingerprint density at radius 2 is 1.77 bits per heavy atom. The maximum Gasteiger partial charge on any atom is 0.230 e. The van der Waals surface area contributed by atoms with Crippen molar-refractivity contribution in [1.82, 2.24) is 20.1 Å². The monoisotopic (exact) mass is 497 g/mol. The molecule has 0 saturated carbocycles. The SMILES string of the molecule is CCOc1ccc(-n2c(SCC(=O)NCCC#N)nnc2-c2cc(OC)c(OC)c(OC)c2)cc1. The van der Waals surface area contributed by atoms with E-state index >= 15 is 0 Å². The Hall–Kier alpha value is -3.91. The molecule has 1 aromatic heterocycles. The van der Waals surface area contributed by atoms with Gasteiger partial charge in [-0.05, 0) is 43.3 Å². The third kappa shape index (κ3) is 6.16. The maximum absolute atomic E-state index is 12.2. The molecule has 0 aliphatic rings. The molecule has 3 aromatic rings. The van der Waals surface area contributed by atoms with E-state index in [1.807, 2.05) is 41.8 Å². The molecule has 0 bridgehead atoms. The second-order valence-electron chi connectivity index (χ2n) is 7.03. The summed E-state index contributed by atoms with van der Waals surface area (Å²) in [5.74, 6) is 2.62. The minimum atomic E-state index is -0.194. The molecule has 0 fully saturated rings. The number of hydrogen-bond acceptors (Lipinski definition) is 9. The Labute approximate surface area is 208 Å². The first-order valence-corrected chi connectivity index (χ1v) is 11.8. The molecule has 184 valence electrons. The van der Waals surface area contributed by atoms with Crippen molar-refractivity contribution in [2.75, 3.05) is 40.2 Å². The summed E-state index contributed by atoms with van der Waals surface area (Å²) in [7, 11) is 4.63. The highest BCUT2D eigenvalue weighted by molar-refractivity contribution is 7.99. The molecule has 0 radical (unpaired) electrons. The molecule has 0 unspecified atom stereocenters. The van der Waals surface area contributed by atoms with E-state index in [0.29, 0.717) is 46.9 Å². The van der Waals surface area contributed by atoms with Crippen molar-refractivity contribution in [3.63, 3.8) is 0 Å². The summed E-state index contributed by atoms with van der Waals surface area (Å²) < 4.78 is 23.9. The second-order valence-corrected chi connectivity index (χ2v) is 7.97. The lowest BCUT2D eigenvalue weighted by Gasteiger charge is -2.15. The van der Waals surface area contributed by atoms with Gasteiger partial charge in [-0.2, -0.15) is 5.26 Å². The first-order chi connectivity index (χ1) is 17.1. The number of methoxy groups -OCH3 is 3. The summed E-state index contributed by atoms with van der Waals surface area (Å²) in [6.07, 6.45) is 0.254. The van der Waals surface area contributed by atoms with Crippen LogP contribution < -0.4 is 24.3 Å². The largest absolute Gasteiger partial charge is 0.494 e. The minimum absolute atomic E-state index is 0.121. The molecule has 0 aliphatic heterocycles. The Balaban J connectivity index is 2.04. The van der Waals surface area contributed by atoms with E-state index in [1.54, 1.807) is 33.5 Å². The third-order valence-corrected chi connectivity index (χ3v) is 5.78. The van der Waals surface area contributed by atoms with Crippen LogP contribution in [0.3, 0.4) is 0 Å². The summed E-state index contributed by atoms with van der Waals surface area (Å²) in [6.45, 7) is 2.79. The summed E-state index contributed by atoms with van der Waals surface area (Å²) in [6, 6.07) is 13.1. The number of aromatic nitrogens is 3. The first kappa shape index (κ1) is 25.7. The van der Waals surface area contributed by atoms with Crippen LogP contribution in [0, 0.1) is 11.3 Å². The van der Waals surface area contributed by atoms with Gasteiger partial charge in [0.2, 0.25) is 11.7 Å². The predicted octanol–water partition coefficient (Wildman–Crippen LogP) is 3.48. The number of carbonyl (C=O) groups excluding carboxylic acids is 1. The van der Waals surface area contributed by atoms with Gasteiger partial charge in [0.1, 0.15) is 5.75 Å². The fourth-order valence-electron chi connectivity index (χ4n) is 3.29. The van der Waals surface area contributed by atoms with Crippen LogP contribution in [0.25, 0.3) is 17.1 Å². The average Bonchev–Trinajstić information content (AvgIpc) is 3.31. The van der Waals surface area contributed by atoms with Crippen molar-refractivity contribution in [3.05, 3.63) is 36.4 Å². The lowest BCUT2D eigenvalue weighted by atomic mass is 10.1. The first-order valence-electron chi connectivity index (χ1n) is 10.8. The molecule has 0 saturated heterocycles. The molecule has 0 aliphatic carbocycles. The van der Waals surface area contributed by atoms with E-state index in [9.17, 15) is 4.79 Å². The van der Waals surface area contributed by atoms with Crippen LogP contribution in [-0.2, 0) is 4.79 Å². The van der Waals surface area contributed by atoms with Crippen molar-refractivity contribution in [3.8, 4) is 46.1 Å². The smallest absolute Gasteiger partial charge is 0.230 e. The highest BCUT2D eigenvalue weighted by Crippen LogP contribution is 2.41. The second kappa shape index (κ2) is 12.5. The number of thioether (sulfide) groups is 1. The zero-order chi connectivity index (χ0) is 25.2. The molecule has 10 nitrogen and oxygen atoms in total. The minimum Gasteiger partial charge on any atom is -0.494 e. The summed E-state index contributed by atoms with van der Waals surface area (Å²) in [5, 5.41) is 20.7. The van der Waals surface area contributed by atoms with Gasteiger partial charge < -0.3 is 24.3 Å². The quantitative estimate of drug-likeness (QED) is 0.296. The van der Waals surface area contributed by atoms with E-state index in [2.05, 4.69) is 15.5 Å². The number of nitrogens with one attached hydrogen (secondary N) is 1. The summed E-state index contributed by atoms with van der Waals surface area (Å²) in [5.41, 5.74) is 1.47. The molecule has 1 heterocycles. The van der Waals surface area contributed by atoms with Crippen molar-refractivity contribution < 1.29 is 23.7 Å². The number of benzene rings is 2. The van der Waals surface area contributed by atoms with Crippen LogP contribution in [0.2, 0.25) is 0 Å². The molecule has 3 rings (SSSR count). The topological polar surface area (TPSA) is 121 Å². The van der Waals surface area contributed by atoms with Crippen molar-refractivity contribution >= 4 is 17.7 Å². The van der Waals surface area contributed by atoms with Crippen molar-refractivity contribution in [1.29, 1.82) is 5.26 Å². The summed E-state index contributed by atoms with van der Waals surface area (Å²) >= 11 is 1.24.